The summed E-state index contributed by atoms with van der Waals surface area (Å²) >= 11 is 0. The molecule has 6 bridgehead atoms. The number of aryl methyl sites for hydroxylation is 3. The number of methoxy groups -OCH3 is 2. The van der Waals surface area contributed by atoms with E-state index in [-0.39, 0.29) is 53.4 Å². The lowest BCUT2D eigenvalue weighted by molar-refractivity contribution is -0.145. The first-order valence-electron chi connectivity index (χ1n) is 19.7. The first-order chi connectivity index (χ1) is 27.8. The van der Waals surface area contributed by atoms with Crippen LogP contribution in [0.5, 0.6) is 17.2 Å². The van der Waals surface area contributed by atoms with Gasteiger partial charge in [0.25, 0.3) is 0 Å². The molecule has 15 heteroatoms. The zero-order valence-electron chi connectivity index (χ0n) is 33.8. The van der Waals surface area contributed by atoms with Gasteiger partial charge in [0, 0.05) is 48.6 Å². The normalized spacial score (nSPS) is 22.8. The van der Waals surface area contributed by atoms with Crippen LogP contribution in [0.1, 0.15) is 75.8 Å². The number of phenolic OH excluding ortho intramolecular Hbond substituents is 3. The fraction of sp³-hybridized carbons (Fsp3) is 0.488. The van der Waals surface area contributed by atoms with Crippen LogP contribution in [0.25, 0.3) is 0 Å². The first-order valence-corrected chi connectivity index (χ1v) is 22.2. The van der Waals surface area contributed by atoms with Gasteiger partial charge in [0.2, 0.25) is 11.8 Å². The third-order valence-corrected chi connectivity index (χ3v) is 13.7. The fourth-order valence-electron chi connectivity index (χ4n) is 8.45. The lowest BCUT2D eigenvalue weighted by Gasteiger charge is -2.27. The van der Waals surface area contributed by atoms with Crippen molar-refractivity contribution in [3.05, 3.63) is 86.5 Å². The quantitative estimate of drug-likeness (QED) is 0.180. The molecule has 0 radical (unpaired) electrons. The van der Waals surface area contributed by atoms with Gasteiger partial charge in [-0.15, -0.1) is 0 Å². The third kappa shape index (κ3) is 10.0. The highest BCUT2D eigenvalue weighted by molar-refractivity contribution is 8.76. The SMILES string of the molecule is COC(=O)C1CSSCC(C(=O)OC)NC(=O)[C@@H]2CCCN2Cc2cc(C)cc(c2O)Cc2cc(C)cc(c2O)Cc2cc(C)cc(c2O)CN2CCC[C@H]2C(=O)N1. The van der Waals surface area contributed by atoms with Crippen molar-refractivity contribution in [3.8, 4) is 17.2 Å². The second-order valence-corrected chi connectivity index (χ2v) is 18.2. The smallest absolute Gasteiger partial charge is 0.329 e. The lowest BCUT2D eigenvalue weighted by Crippen LogP contribution is -2.51. The minimum absolute atomic E-state index is 0.0806. The molecule has 312 valence electrons. The van der Waals surface area contributed by atoms with Crippen molar-refractivity contribution in [1.29, 1.82) is 0 Å². The van der Waals surface area contributed by atoms with Crippen LogP contribution in [0, 0.1) is 20.8 Å². The van der Waals surface area contributed by atoms with Crippen molar-refractivity contribution in [2.45, 2.75) is 96.6 Å². The number of aromatic hydroxyl groups is 3. The molecule has 5 N–H and O–H groups in total. The Morgan fingerprint density at radius 3 is 1.28 bits per heavy atom. The molecule has 0 aliphatic carbocycles. The minimum atomic E-state index is -0.970. The van der Waals surface area contributed by atoms with Gasteiger partial charge in [0.05, 0.1) is 26.3 Å². The molecule has 6 rings (SSSR count). The third-order valence-electron chi connectivity index (χ3n) is 11.2. The summed E-state index contributed by atoms with van der Waals surface area (Å²) in [6.07, 6.45) is 3.14. The van der Waals surface area contributed by atoms with E-state index in [4.69, 9.17) is 9.47 Å². The molecule has 3 aliphatic heterocycles. The molecule has 2 amide bonds. The molecule has 3 aromatic rings. The molecule has 3 aliphatic rings. The maximum absolute atomic E-state index is 13.8. The number of carbonyl (C=O) groups is 4. The first kappa shape index (κ1) is 43.1. The average molecular weight is 835 g/mol. The number of fused-ring (bicyclic) bond motifs is 8. The van der Waals surface area contributed by atoms with Crippen LogP contribution in [-0.2, 0) is 54.6 Å². The summed E-state index contributed by atoms with van der Waals surface area (Å²) < 4.78 is 10.1. The van der Waals surface area contributed by atoms with E-state index in [1.54, 1.807) is 0 Å². The molecule has 2 saturated heterocycles. The molecule has 58 heavy (non-hydrogen) atoms. The Balaban J connectivity index is 1.36. The molecule has 4 atom stereocenters. The van der Waals surface area contributed by atoms with E-state index in [2.05, 4.69) is 10.6 Å². The summed E-state index contributed by atoms with van der Waals surface area (Å²) in [7, 11) is 5.05. The van der Waals surface area contributed by atoms with Crippen LogP contribution in [0.4, 0.5) is 0 Å². The van der Waals surface area contributed by atoms with Crippen molar-refractivity contribution in [3.63, 3.8) is 0 Å². The number of esters is 2. The van der Waals surface area contributed by atoms with Crippen molar-refractivity contribution in [2.75, 3.05) is 38.8 Å². The number of nitrogens with one attached hydrogen (secondary N) is 2. The van der Waals surface area contributed by atoms with E-state index >= 15 is 0 Å². The predicted molar refractivity (Wildman–Crippen MR) is 224 cm³/mol. The summed E-state index contributed by atoms with van der Waals surface area (Å²) in [5.41, 5.74) is 6.60. The zero-order chi connectivity index (χ0) is 41.7. The van der Waals surface area contributed by atoms with Crippen molar-refractivity contribution in [1.82, 2.24) is 20.4 Å². The number of phenols is 3. The van der Waals surface area contributed by atoms with Gasteiger partial charge in [-0.3, -0.25) is 19.4 Å². The maximum Gasteiger partial charge on any atom is 0.329 e. The topological polar surface area (TPSA) is 178 Å². The van der Waals surface area contributed by atoms with E-state index in [1.807, 2.05) is 67.0 Å². The summed E-state index contributed by atoms with van der Waals surface area (Å²) in [6.45, 7) is 7.66. The van der Waals surface area contributed by atoms with Crippen LogP contribution in [0.15, 0.2) is 36.4 Å². The van der Waals surface area contributed by atoms with Crippen molar-refractivity contribution in [2.24, 2.45) is 0 Å². The summed E-state index contributed by atoms with van der Waals surface area (Å²) in [5, 5.41) is 40.8. The molecule has 2 fully saturated rings. The predicted octanol–water partition coefficient (Wildman–Crippen LogP) is 4.55. The number of rotatable bonds is 2. The molecular formula is C43H54N4O9S2. The van der Waals surface area contributed by atoms with Crippen molar-refractivity contribution >= 4 is 45.3 Å². The number of carbonyl (C=O) groups excluding carboxylic acids is 4. The molecule has 3 heterocycles. The molecule has 2 unspecified atom stereocenters. The number of benzene rings is 3. The molecule has 3 aromatic carbocycles. The number of hydrogen-bond acceptors (Lipinski definition) is 13. The van der Waals surface area contributed by atoms with Gasteiger partial charge in [-0.2, -0.15) is 0 Å². The Morgan fingerprint density at radius 2 is 0.931 bits per heavy atom. The highest BCUT2D eigenvalue weighted by Gasteiger charge is 2.36. The van der Waals surface area contributed by atoms with Gasteiger partial charge < -0.3 is 35.4 Å². The van der Waals surface area contributed by atoms with Gasteiger partial charge in [-0.1, -0.05) is 74.7 Å². The number of nitrogens with zero attached hydrogens (tertiary/aromatic N) is 2. The summed E-state index contributed by atoms with van der Waals surface area (Å²) in [5.74, 6) is -1.31. The Bertz CT molecular complexity index is 1910. The fourth-order valence-corrected chi connectivity index (χ4v) is 10.7. The lowest BCUT2D eigenvalue weighted by atomic mass is 9.92. The Hall–Kier alpha value is -4.44. The van der Waals surface area contributed by atoms with Crippen LogP contribution >= 0.6 is 21.6 Å². The molecule has 0 saturated carbocycles. The Labute approximate surface area is 347 Å². The summed E-state index contributed by atoms with van der Waals surface area (Å²) in [6, 6.07) is 8.38. The highest BCUT2D eigenvalue weighted by Crippen LogP contribution is 2.37. The number of ether oxygens (including phenoxy) is 2. The van der Waals surface area contributed by atoms with Crippen LogP contribution < -0.4 is 10.6 Å². The second kappa shape index (κ2) is 19.1. The van der Waals surface area contributed by atoms with E-state index in [0.717, 1.165) is 29.5 Å². The molecule has 0 spiro atoms. The second-order valence-electron chi connectivity index (χ2n) is 15.6. The number of amides is 2. The van der Waals surface area contributed by atoms with Crippen LogP contribution in [0.2, 0.25) is 0 Å². The van der Waals surface area contributed by atoms with E-state index in [1.165, 1.54) is 35.8 Å². The largest absolute Gasteiger partial charge is 0.507 e. The standard InChI is InChI=1S/C43H54N4O9S2/c1-24-12-27-18-29-14-25(2)16-31(38(29)49)20-46-10-6-8-35(46)40(51)44-33(42(53)55-4)22-57-58-23-34(43(54)56-5)45-41(52)36-9-7-11-47(36)21-32-17-26(3)15-30(39(32)50)19-28(13-24)37(27)48/h12-17,33-36,48-50H,6-11,18-23H2,1-5H3,(H,44,51)(H,45,52)/t33?,34?,35-,36-/m0/s1. The van der Waals surface area contributed by atoms with E-state index < -0.39 is 36.1 Å². The van der Waals surface area contributed by atoms with Gasteiger partial charge in [-0.05, 0) is 81.8 Å². The van der Waals surface area contributed by atoms with Gasteiger partial charge >= 0.3 is 11.9 Å². The van der Waals surface area contributed by atoms with Crippen molar-refractivity contribution < 1.29 is 44.0 Å². The van der Waals surface area contributed by atoms with Gasteiger partial charge in [0.15, 0.2) is 0 Å². The van der Waals surface area contributed by atoms with Gasteiger partial charge in [0.1, 0.15) is 29.3 Å². The van der Waals surface area contributed by atoms with Crippen LogP contribution in [-0.4, -0.2) is 112 Å². The average Bonchev–Trinajstić information content (AvgIpc) is 3.86. The molecule has 13 nitrogen and oxygen atoms in total. The number of hydrogen-bond donors (Lipinski definition) is 5. The Morgan fingerprint density at radius 1 is 0.603 bits per heavy atom. The summed E-state index contributed by atoms with van der Waals surface area (Å²) in [4.78, 5) is 57.3. The van der Waals surface area contributed by atoms with E-state index in [9.17, 15) is 34.5 Å². The monoisotopic (exact) mass is 834 g/mol. The molecular weight excluding hydrogens is 781 g/mol. The Kier molecular flexibility index (Phi) is 14.2. The van der Waals surface area contributed by atoms with Gasteiger partial charge in [-0.25, -0.2) is 9.59 Å². The van der Waals surface area contributed by atoms with E-state index in [0.29, 0.717) is 72.4 Å². The minimum Gasteiger partial charge on any atom is -0.507 e. The maximum atomic E-state index is 13.8. The zero-order valence-corrected chi connectivity index (χ0v) is 35.4. The highest BCUT2D eigenvalue weighted by atomic mass is 33.1. The molecule has 0 aromatic heterocycles. The van der Waals surface area contributed by atoms with Crippen LogP contribution in [0.3, 0.4) is 0 Å².